The number of benzene rings is 1. The quantitative estimate of drug-likeness (QED) is 0.612. The topological polar surface area (TPSA) is 126 Å². The Hall–Kier alpha value is -3.48. The number of nitrogen functional groups attached to an aromatic ring is 1. The van der Waals surface area contributed by atoms with Crippen LogP contribution in [-0.2, 0) is 17.5 Å². The van der Waals surface area contributed by atoms with E-state index in [1.807, 2.05) is 0 Å². The predicted molar refractivity (Wildman–Crippen MR) is 101 cm³/mol. The molecule has 0 atom stereocenters. The summed E-state index contributed by atoms with van der Waals surface area (Å²) in [5.74, 6) is -0.208. The van der Waals surface area contributed by atoms with E-state index in [-0.39, 0.29) is 23.9 Å². The number of tetrazole rings is 1. The molecular formula is C17H19F3N8O2. The van der Waals surface area contributed by atoms with Gasteiger partial charge in [0, 0.05) is 25.8 Å². The van der Waals surface area contributed by atoms with Crippen molar-refractivity contribution in [2.75, 3.05) is 32.3 Å². The Morgan fingerprint density at radius 1 is 1.20 bits per heavy atom. The van der Waals surface area contributed by atoms with Crippen LogP contribution in [0.5, 0.6) is 5.75 Å². The van der Waals surface area contributed by atoms with Crippen LogP contribution < -0.4 is 15.8 Å². The molecule has 0 bridgehead atoms. The van der Waals surface area contributed by atoms with Crippen LogP contribution in [0, 0.1) is 6.92 Å². The second-order valence-corrected chi connectivity index (χ2v) is 6.18. The number of nitrogens with two attached hydrogens (primary N) is 1. The molecular weight excluding hydrogens is 405 g/mol. The summed E-state index contributed by atoms with van der Waals surface area (Å²) in [4.78, 5) is 7.53. The number of aromatic nitrogens is 6. The molecule has 10 nitrogen and oxygen atoms in total. The van der Waals surface area contributed by atoms with E-state index in [1.165, 1.54) is 38.1 Å². The van der Waals surface area contributed by atoms with Gasteiger partial charge in [-0.25, -0.2) is 4.98 Å². The summed E-state index contributed by atoms with van der Waals surface area (Å²) in [5.41, 5.74) is 5.39. The molecule has 0 unspecified atom stereocenters. The van der Waals surface area contributed by atoms with Gasteiger partial charge in [0.05, 0.1) is 18.5 Å². The molecule has 30 heavy (non-hydrogen) atoms. The van der Waals surface area contributed by atoms with Crippen LogP contribution in [0.15, 0.2) is 12.1 Å². The van der Waals surface area contributed by atoms with Gasteiger partial charge in [-0.15, -0.1) is 5.10 Å². The first-order valence-corrected chi connectivity index (χ1v) is 8.59. The highest BCUT2D eigenvalue weighted by atomic mass is 19.4. The number of aryl methyl sites for hydroxylation is 1. The van der Waals surface area contributed by atoms with Gasteiger partial charge in [-0.1, -0.05) is 0 Å². The van der Waals surface area contributed by atoms with Crippen molar-refractivity contribution in [2.45, 2.75) is 19.7 Å². The van der Waals surface area contributed by atoms with E-state index in [4.69, 9.17) is 15.2 Å². The predicted octanol–water partition coefficient (Wildman–Crippen LogP) is 2.23. The van der Waals surface area contributed by atoms with E-state index >= 15 is 0 Å². The van der Waals surface area contributed by atoms with Crippen molar-refractivity contribution in [3.63, 3.8) is 0 Å². The van der Waals surface area contributed by atoms with Crippen LogP contribution in [0.3, 0.4) is 0 Å². The normalized spacial score (nSPS) is 11.6. The molecule has 1 aromatic carbocycles. The Morgan fingerprint density at radius 2 is 1.93 bits per heavy atom. The molecule has 0 aliphatic rings. The third kappa shape index (κ3) is 3.83. The summed E-state index contributed by atoms with van der Waals surface area (Å²) in [5, 5.41) is 13.9. The Kier molecular flexibility index (Phi) is 5.73. The number of halogens is 3. The minimum absolute atomic E-state index is 0.0954. The number of alkyl halides is 3. The van der Waals surface area contributed by atoms with Gasteiger partial charge in [-0.2, -0.15) is 22.8 Å². The largest absolute Gasteiger partial charge is 0.496 e. The highest BCUT2D eigenvalue weighted by Gasteiger charge is 2.39. The van der Waals surface area contributed by atoms with Crippen molar-refractivity contribution in [1.82, 2.24) is 30.2 Å². The van der Waals surface area contributed by atoms with Gasteiger partial charge in [0.25, 0.3) is 0 Å². The number of anilines is 2. The second-order valence-electron chi connectivity index (χ2n) is 6.18. The van der Waals surface area contributed by atoms with Crippen LogP contribution in [0.25, 0.3) is 16.9 Å². The zero-order chi connectivity index (χ0) is 22.1. The lowest BCUT2D eigenvalue weighted by atomic mass is 10.0. The van der Waals surface area contributed by atoms with E-state index in [1.54, 1.807) is 6.92 Å². The number of nitrogens with zero attached hydrogens (tertiary/aromatic N) is 6. The number of nitrogens with one attached hydrogen (secondary N) is 1. The molecule has 3 rings (SSSR count). The Morgan fingerprint density at radius 3 is 2.53 bits per heavy atom. The maximum absolute atomic E-state index is 13.8. The molecule has 160 valence electrons. The van der Waals surface area contributed by atoms with Crippen LogP contribution in [0.2, 0.25) is 0 Å². The lowest BCUT2D eigenvalue weighted by Crippen LogP contribution is -2.16. The van der Waals surface area contributed by atoms with E-state index < -0.39 is 23.3 Å². The van der Waals surface area contributed by atoms with E-state index in [0.717, 1.165) is 0 Å². The van der Waals surface area contributed by atoms with Crippen molar-refractivity contribution in [3.05, 3.63) is 29.1 Å². The molecule has 3 aromatic rings. The van der Waals surface area contributed by atoms with Crippen LogP contribution >= 0.6 is 0 Å². The van der Waals surface area contributed by atoms with E-state index in [9.17, 15) is 13.2 Å². The zero-order valence-corrected chi connectivity index (χ0v) is 16.6. The van der Waals surface area contributed by atoms with Crippen molar-refractivity contribution in [2.24, 2.45) is 0 Å². The summed E-state index contributed by atoms with van der Waals surface area (Å²) in [6, 6.07) is 3.03. The SMILES string of the molecule is CNc1nc(N)nc(-c2cc(C)c(-n3nnnc3COC)cc2OC)c1C(F)(F)F. The lowest BCUT2D eigenvalue weighted by Gasteiger charge is -2.19. The number of methoxy groups -OCH3 is 2. The molecule has 2 aromatic heterocycles. The molecule has 0 amide bonds. The molecule has 0 aliphatic carbocycles. The minimum Gasteiger partial charge on any atom is -0.496 e. The van der Waals surface area contributed by atoms with E-state index in [0.29, 0.717) is 17.1 Å². The number of ether oxygens (including phenoxy) is 2. The summed E-state index contributed by atoms with van der Waals surface area (Å²) in [6.07, 6.45) is -4.74. The van der Waals surface area contributed by atoms with Gasteiger partial charge in [0.1, 0.15) is 23.7 Å². The van der Waals surface area contributed by atoms with Gasteiger partial charge >= 0.3 is 6.18 Å². The fourth-order valence-electron chi connectivity index (χ4n) is 2.99. The van der Waals surface area contributed by atoms with Gasteiger partial charge in [-0.05, 0) is 29.0 Å². The molecule has 0 saturated heterocycles. The number of hydrogen-bond donors (Lipinski definition) is 2. The van der Waals surface area contributed by atoms with Crippen molar-refractivity contribution in [1.29, 1.82) is 0 Å². The minimum atomic E-state index is -4.74. The van der Waals surface area contributed by atoms with Crippen LogP contribution in [0.4, 0.5) is 24.9 Å². The van der Waals surface area contributed by atoms with Crippen LogP contribution in [-0.4, -0.2) is 51.4 Å². The number of rotatable bonds is 6. The van der Waals surface area contributed by atoms with Crippen molar-refractivity contribution in [3.8, 4) is 22.7 Å². The average Bonchev–Trinajstić information content (AvgIpc) is 3.14. The number of hydrogen-bond acceptors (Lipinski definition) is 9. The van der Waals surface area contributed by atoms with E-state index in [2.05, 4.69) is 30.8 Å². The monoisotopic (exact) mass is 424 g/mol. The molecule has 13 heteroatoms. The smallest absolute Gasteiger partial charge is 0.422 e. The lowest BCUT2D eigenvalue weighted by molar-refractivity contribution is -0.136. The molecule has 2 heterocycles. The van der Waals surface area contributed by atoms with Crippen molar-refractivity contribution >= 4 is 11.8 Å². The highest BCUT2D eigenvalue weighted by molar-refractivity contribution is 5.77. The first-order chi connectivity index (χ1) is 14.2. The first kappa shape index (κ1) is 21.2. The molecule has 0 fully saturated rings. The van der Waals surface area contributed by atoms with Gasteiger partial charge in [0.15, 0.2) is 5.82 Å². The average molecular weight is 424 g/mol. The second kappa shape index (κ2) is 8.10. The summed E-state index contributed by atoms with van der Waals surface area (Å²) in [6.45, 7) is 1.84. The maximum atomic E-state index is 13.8. The Bertz CT molecular complexity index is 1070. The van der Waals surface area contributed by atoms with Gasteiger partial charge < -0.3 is 20.5 Å². The molecule has 0 spiro atoms. The Labute approximate surface area is 169 Å². The van der Waals surface area contributed by atoms with Gasteiger partial charge in [0.2, 0.25) is 5.95 Å². The van der Waals surface area contributed by atoms with Gasteiger partial charge in [-0.3, -0.25) is 0 Å². The third-order valence-corrected chi connectivity index (χ3v) is 4.26. The molecule has 3 N–H and O–H groups in total. The highest BCUT2D eigenvalue weighted by Crippen LogP contribution is 2.43. The maximum Gasteiger partial charge on any atom is 0.422 e. The van der Waals surface area contributed by atoms with Crippen molar-refractivity contribution < 1.29 is 22.6 Å². The summed E-state index contributed by atoms with van der Waals surface area (Å²) >= 11 is 0. The fraction of sp³-hybridized carbons (Fsp3) is 0.353. The molecule has 0 saturated carbocycles. The molecule has 0 aliphatic heterocycles. The Balaban J connectivity index is 2.28. The fourth-order valence-corrected chi connectivity index (χ4v) is 2.99. The summed E-state index contributed by atoms with van der Waals surface area (Å²) in [7, 11) is 4.15. The standard InChI is InChI=1S/C17H19F3N8O2/c1-8-5-9(14-13(17(18,19)20)15(22-2)24-16(21)23-14)11(30-4)6-10(8)28-12(7-29-3)25-26-27-28/h5-6H,7H2,1-4H3,(H3,21,22,23,24). The van der Waals surface area contributed by atoms with Crippen LogP contribution in [0.1, 0.15) is 17.0 Å². The summed E-state index contributed by atoms with van der Waals surface area (Å²) < 4.78 is 53.4. The first-order valence-electron chi connectivity index (χ1n) is 8.59. The molecule has 0 radical (unpaired) electrons. The zero-order valence-electron chi connectivity index (χ0n) is 16.6. The third-order valence-electron chi connectivity index (χ3n) is 4.26.